The predicted octanol–water partition coefficient (Wildman–Crippen LogP) is 6.62. The number of phenols is 1. The summed E-state index contributed by atoms with van der Waals surface area (Å²) in [5.41, 5.74) is 4.98. The number of aromatic hydroxyl groups is 1. The number of nitrogens with one attached hydrogen (secondary N) is 1. The highest BCUT2D eigenvalue weighted by Crippen LogP contribution is 2.37. The molecule has 0 aliphatic heterocycles. The number of hydrogen-bond acceptors (Lipinski definition) is 4. The Morgan fingerprint density at radius 2 is 1.50 bits per heavy atom. The van der Waals surface area contributed by atoms with E-state index in [0.29, 0.717) is 10.5 Å². The van der Waals surface area contributed by atoms with Crippen LogP contribution >= 0.6 is 0 Å². The molecule has 1 aliphatic rings. The van der Waals surface area contributed by atoms with Crippen LogP contribution in [0, 0.1) is 20.8 Å². The topological polar surface area (TPSA) is 78.8 Å². The van der Waals surface area contributed by atoms with Crippen LogP contribution in [0.3, 0.4) is 0 Å². The van der Waals surface area contributed by atoms with Crippen molar-refractivity contribution in [2.24, 2.45) is 4.99 Å². The number of phenolic OH excluding ortho intramolecular Hbond substituents is 1. The molecule has 0 heterocycles. The van der Waals surface area contributed by atoms with Gasteiger partial charge in [-0.1, -0.05) is 78.1 Å². The lowest BCUT2D eigenvalue weighted by Gasteiger charge is -2.30. The third-order valence-electron chi connectivity index (χ3n) is 7.13. The Labute approximate surface area is 218 Å². The van der Waals surface area contributed by atoms with Crippen molar-refractivity contribution in [1.82, 2.24) is 4.72 Å². The van der Waals surface area contributed by atoms with E-state index in [-0.39, 0.29) is 28.7 Å². The molecule has 0 saturated heterocycles. The average Bonchev–Trinajstić information content (AvgIpc) is 2.71. The third-order valence-corrected chi connectivity index (χ3v) is 8.92. The van der Waals surface area contributed by atoms with Crippen LogP contribution < -0.4 is 4.72 Å². The fourth-order valence-corrected chi connectivity index (χ4v) is 6.97. The van der Waals surface area contributed by atoms with Crippen molar-refractivity contribution in [3.8, 4) is 5.75 Å². The molecule has 6 heteroatoms. The fourth-order valence-electron chi connectivity index (χ4n) is 5.21. The molecule has 0 unspecified atom stereocenters. The standard InChI is InChI=1S/C30H44N2O3S/c1-19-14-20(2)28(21(3)15-19)36(34,35)32-26-13-11-10-12-25(26)31-18-22-16-23(29(4,5)6)17-24(27(22)33)30(7,8)9/h14-18,25-26,32-33H,10-13H2,1-9H3/t25-,26-/m1/s1. The summed E-state index contributed by atoms with van der Waals surface area (Å²) in [5.74, 6) is 0.248. The SMILES string of the molecule is Cc1cc(C)c(S(=O)(=O)N[C@@H]2CCCC[C@H]2N=Cc2cc(C(C)(C)C)cc(C(C)(C)C)c2O)c(C)c1. The highest BCUT2D eigenvalue weighted by atomic mass is 32.2. The lowest BCUT2D eigenvalue weighted by molar-refractivity contribution is 0.363. The van der Waals surface area contributed by atoms with Crippen LogP contribution in [0.4, 0.5) is 0 Å². The molecule has 0 radical (unpaired) electrons. The van der Waals surface area contributed by atoms with Crippen molar-refractivity contribution in [3.63, 3.8) is 0 Å². The van der Waals surface area contributed by atoms with Crippen molar-refractivity contribution < 1.29 is 13.5 Å². The molecule has 1 saturated carbocycles. The van der Waals surface area contributed by atoms with Gasteiger partial charge in [-0.15, -0.1) is 0 Å². The lowest BCUT2D eigenvalue weighted by atomic mass is 9.79. The second kappa shape index (κ2) is 10.3. The molecule has 1 fully saturated rings. The normalized spacial score (nSPS) is 19.7. The van der Waals surface area contributed by atoms with Gasteiger partial charge in [0.1, 0.15) is 5.75 Å². The van der Waals surface area contributed by atoms with Gasteiger partial charge in [0.05, 0.1) is 10.9 Å². The third kappa shape index (κ3) is 6.38. The van der Waals surface area contributed by atoms with E-state index in [4.69, 9.17) is 4.99 Å². The van der Waals surface area contributed by atoms with Gasteiger partial charge in [-0.3, -0.25) is 4.99 Å². The van der Waals surface area contributed by atoms with E-state index in [2.05, 4.69) is 52.3 Å². The average molecular weight is 513 g/mol. The minimum Gasteiger partial charge on any atom is -0.507 e. The molecule has 3 rings (SSSR count). The summed E-state index contributed by atoms with van der Waals surface area (Å²) >= 11 is 0. The molecule has 5 nitrogen and oxygen atoms in total. The number of nitrogens with zero attached hydrogens (tertiary/aromatic N) is 1. The van der Waals surface area contributed by atoms with Gasteiger partial charge < -0.3 is 5.11 Å². The van der Waals surface area contributed by atoms with Crippen LogP contribution in [0.5, 0.6) is 5.75 Å². The Morgan fingerprint density at radius 3 is 2.06 bits per heavy atom. The predicted molar refractivity (Wildman–Crippen MR) is 150 cm³/mol. The zero-order valence-electron chi connectivity index (χ0n) is 23.5. The monoisotopic (exact) mass is 512 g/mol. The maximum atomic E-state index is 13.4. The zero-order valence-corrected chi connectivity index (χ0v) is 24.3. The quantitative estimate of drug-likeness (QED) is 0.442. The molecule has 2 aromatic carbocycles. The highest BCUT2D eigenvalue weighted by molar-refractivity contribution is 7.89. The van der Waals surface area contributed by atoms with Gasteiger partial charge in [0.15, 0.2) is 0 Å². The van der Waals surface area contributed by atoms with Crippen LogP contribution in [0.2, 0.25) is 0 Å². The Morgan fingerprint density at radius 1 is 0.917 bits per heavy atom. The molecule has 0 aromatic heterocycles. The number of aryl methyl sites for hydroxylation is 3. The first-order valence-electron chi connectivity index (χ1n) is 13.0. The van der Waals surface area contributed by atoms with Gasteiger partial charge in [0, 0.05) is 23.4 Å². The van der Waals surface area contributed by atoms with Crippen molar-refractivity contribution in [2.75, 3.05) is 0 Å². The fraction of sp³-hybridized carbons (Fsp3) is 0.567. The maximum Gasteiger partial charge on any atom is 0.241 e. The van der Waals surface area contributed by atoms with Crippen molar-refractivity contribution in [3.05, 3.63) is 57.6 Å². The lowest BCUT2D eigenvalue weighted by Crippen LogP contribution is -2.44. The molecular formula is C30H44N2O3S. The van der Waals surface area contributed by atoms with E-state index in [1.54, 1.807) is 6.21 Å². The second-order valence-corrected chi connectivity index (χ2v) is 14.2. The smallest absolute Gasteiger partial charge is 0.241 e. The summed E-state index contributed by atoms with van der Waals surface area (Å²) in [6, 6.07) is 7.46. The Bertz CT molecular complexity index is 1230. The largest absolute Gasteiger partial charge is 0.507 e. The molecule has 2 atom stereocenters. The molecule has 198 valence electrons. The van der Waals surface area contributed by atoms with E-state index in [1.807, 2.05) is 39.0 Å². The van der Waals surface area contributed by atoms with E-state index >= 15 is 0 Å². The Kier molecular flexibility index (Phi) is 8.12. The Hall–Kier alpha value is -2.18. The first-order valence-corrected chi connectivity index (χ1v) is 14.5. The summed E-state index contributed by atoms with van der Waals surface area (Å²) < 4.78 is 29.8. The van der Waals surface area contributed by atoms with Gasteiger partial charge in [-0.25, -0.2) is 13.1 Å². The van der Waals surface area contributed by atoms with Crippen molar-refractivity contribution in [2.45, 2.75) is 116 Å². The number of hydrogen-bond donors (Lipinski definition) is 2. The molecule has 0 spiro atoms. The molecule has 2 N–H and O–H groups in total. The summed E-state index contributed by atoms with van der Waals surface area (Å²) in [4.78, 5) is 5.23. The Balaban J connectivity index is 1.96. The number of rotatable bonds is 5. The van der Waals surface area contributed by atoms with Gasteiger partial charge in [-0.05, 0) is 67.2 Å². The minimum atomic E-state index is -3.69. The molecule has 36 heavy (non-hydrogen) atoms. The number of aliphatic imine (C=N–C) groups is 1. The highest BCUT2D eigenvalue weighted by Gasteiger charge is 2.31. The van der Waals surface area contributed by atoms with Gasteiger partial charge >= 0.3 is 0 Å². The molecule has 1 aliphatic carbocycles. The summed E-state index contributed by atoms with van der Waals surface area (Å²) in [5, 5.41) is 11.1. The van der Waals surface area contributed by atoms with Crippen LogP contribution in [-0.2, 0) is 20.9 Å². The van der Waals surface area contributed by atoms with Crippen molar-refractivity contribution >= 4 is 16.2 Å². The van der Waals surface area contributed by atoms with Gasteiger partial charge in [0.25, 0.3) is 0 Å². The molecule has 0 bridgehead atoms. The van der Waals surface area contributed by atoms with Crippen molar-refractivity contribution in [1.29, 1.82) is 0 Å². The van der Waals surface area contributed by atoms with Crippen LogP contribution in [0.15, 0.2) is 34.2 Å². The zero-order chi connectivity index (χ0) is 27.1. The van der Waals surface area contributed by atoms with Crippen LogP contribution in [0.25, 0.3) is 0 Å². The first-order chi connectivity index (χ1) is 16.5. The van der Waals surface area contributed by atoms with Gasteiger partial charge in [0.2, 0.25) is 10.0 Å². The maximum absolute atomic E-state index is 13.4. The minimum absolute atomic E-state index is 0.0803. The van der Waals surface area contributed by atoms with Crippen LogP contribution in [0.1, 0.15) is 101 Å². The van der Waals surface area contributed by atoms with Gasteiger partial charge in [-0.2, -0.15) is 0 Å². The van der Waals surface area contributed by atoms with Crippen LogP contribution in [-0.4, -0.2) is 31.8 Å². The number of sulfonamides is 1. The molecular weight excluding hydrogens is 468 g/mol. The molecule has 0 amide bonds. The summed E-state index contributed by atoms with van der Waals surface area (Å²) in [6.45, 7) is 18.4. The number of benzene rings is 2. The summed E-state index contributed by atoms with van der Waals surface area (Å²) in [6.07, 6.45) is 5.27. The first kappa shape index (κ1) is 28.4. The van der Waals surface area contributed by atoms with E-state index in [9.17, 15) is 13.5 Å². The molecule has 2 aromatic rings. The second-order valence-electron chi connectivity index (χ2n) is 12.5. The van der Waals surface area contributed by atoms with E-state index in [0.717, 1.165) is 53.5 Å². The van der Waals surface area contributed by atoms with E-state index < -0.39 is 10.0 Å². The van der Waals surface area contributed by atoms with E-state index in [1.165, 1.54) is 0 Å². The summed E-state index contributed by atoms with van der Waals surface area (Å²) in [7, 11) is -3.69.